The summed E-state index contributed by atoms with van der Waals surface area (Å²) >= 11 is 5.87. The van der Waals surface area contributed by atoms with Gasteiger partial charge in [0.2, 0.25) is 5.91 Å². The molecule has 8 heteroatoms. The van der Waals surface area contributed by atoms with Crippen LogP contribution >= 0.6 is 11.6 Å². The summed E-state index contributed by atoms with van der Waals surface area (Å²) in [7, 11) is 0. The maximum absolute atomic E-state index is 12.1. The number of ether oxygens (including phenoxy) is 1. The number of amides is 2. The highest BCUT2D eigenvalue weighted by atomic mass is 35.5. The van der Waals surface area contributed by atoms with E-state index in [0.717, 1.165) is 5.56 Å². The summed E-state index contributed by atoms with van der Waals surface area (Å²) in [6.45, 7) is 3.26. The fraction of sp³-hybridized carbons (Fsp3) is 0.222. The molecule has 1 unspecified atom stereocenters. The van der Waals surface area contributed by atoms with Gasteiger partial charge in [0.25, 0.3) is 5.91 Å². The number of anilines is 1. The molecule has 1 aromatic carbocycles. The molecule has 2 N–H and O–H groups in total. The molecule has 0 spiro atoms. The van der Waals surface area contributed by atoms with Crippen molar-refractivity contribution < 1.29 is 19.1 Å². The van der Waals surface area contributed by atoms with Gasteiger partial charge in [-0.05, 0) is 36.8 Å². The lowest BCUT2D eigenvalue weighted by molar-refractivity contribution is -0.123. The second-order valence-corrected chi connectivity index (χ2v) is 5.84. The molecule has 0 saturated carbocycles. The molecule has 0 aliphatic rings. The third-order valence-corrected chi connectivity index (χ3v) is 3.70. The number of carbonyl (C=O) groups excluding carboxylic acids is 3. The molecule has 7 nitrogen and oxygen atoms in total. The van der Waals surface area contributed by atoms with Crippen LogP contribution in [0.3, 0.4) is 0 Å². The van der Waals surface area contributed by atoms with Gasteiger partial charge in [0.05, 0.1) is 11.3 Å². The van der Waals surface area contributed by atoms with Crippen LogP contribution in [-0.4, -0.2) is 28.9 Å². The number of hydrogen-bond donors (Lipinski definition) is 2. The van der Waals surface area contributed by atoms with Crippen LogP contribution in [0.4, 0.5) is 5.69 Å². The smallest absolute Gasteiger partial charge is 0.338 e. The zero-order chi connectivity index (χ0) is 19.1. The number of rotatable bonds is 6. The molecule has 0 aliphatic heterocycles. The van der Waals surface area contributed by atoms with Crippen molar-refractivity contribution in [1.29, 1.82) is 0 Å². The Kier molecular flexibility index (Phi) is 6.68. The molecule has 0 bridgehead atoms. The lowest BCUT2D eigenvalue weighted by Crippen LogP contribution is -2.30. The van der Waals surface area contributed by atoms with Crippen LogP contribution in [0.1, 0.15) is 29.8 Å². The normalized spacial score (nSPS) is 11.3. The molecule has 0 aliphatic carbocycles. The fourth-order valence-electron chi connectivity index (χ4n) is 1.98. The molecule has 2 aromatic rings. The van der Waals surface area contributed by atoms with E-state index in [9.17, 15) is 14.4 Å². The quantitative estimate of drug-likeness (QED) is 0.597. The van der Waals surface area contributed by atoms with Gasteiger partial charge >= 0.3 is 5.97 Å². The lowest BCUT2D eigenvalue weighted by atomic mass is 10.1. The topological polar surface area (TPSA) is 97.4 Å². The largest absolute Gasteiger partial charge is 0.449 e. The Morgan fingerprint density at radius 3 is 2.50 bits per heavy atom. The van der Waals surface area contributed by atoms with Crippen molar-refractivity contribution in [2.45, 2.75) is 26.5 Å². The summed E-state index contributed by atoms with van der Waals surface area (Å²) in [6, 6.07) is 9.76. The molecule has 2 amide bonds. The van der Waals surface area contributed by atoms with E-state index in [1.807, 2.05) is 0 Å². The SMILES string of the molecule is CC(=O)NCc1ccc(C(=O)OC(C)C(=O)Nc2cccnc2Cl)cc1. The van der Waals surface area contributed by atoms with Gasteiger partial charge in [0.1, 0.15) is 0 Å². The Hall–Kier alpha value is -2.93. The highest BCUT2D eigenvalue weighted by molar-refractivity contribution is 6.32. The van der Waals surface area contributed by atoms with Crippen LogP contribution < -0.4 is 10.6 Å². The van der Waals surface area contributed by atoms with Crippen molar-refractivity contribution in [3.63, 3.8) is 0 Å². The summed E-state index contributed by atoms with van der Waals surface area (Å²) in [6.07, 6.45) is 0.481. The van der Waals surface area contributed by atoms with Crippen LogP contribution in [0, 0.1) is 0 Å². The van der Waals surface area contributed by atoms with Crippen molar-refractivity contribution in [2.75, 3.05) is 5.32 Å². The summed E-state index contributed by atoms with van der Waals surface area (Å²) in [5.74, 6) is -1.28. The van der Waals surface area contributed by atoms with Gasteiger partial charge in [0, 0.05) is 19.7 Å². The molecule has 1 heterocycles. The Bertz CT molecular complexity index is 808. The Labute approximate surface area is 155 Å². The molecule has 1 aromatic heterocycles. The first-order chi connectivity index (χ1) is 12.4. The van der Waals surface area contributed by atoms with E-state index in [-0.39, 0.29) is 11.1 Å². The van der Waals surface area contributed by atoms with E-state index in [1.54, 1.807) is 36.4 Å². The number of pyridine rings is 1. The number of aromatic nitrogens is 1. The molecule has 136 valence electrons. The van der Waals surface area contributed by atoms with Gasteiger partial charge in [-0.25, -0.2) is 9.78 Å². The second kappa shape index (κ2) is 8.96. The molecule has 0 fully saturated rings. The molecular weight excluding hydrogens is 358 g/mol. The summed E-state index contributed by atoms with van der Waals surface area (Å²) in [4.78, 5) is 39.0. The minimum Gasteiger partial charge on any atom is -0.449 e. The Morgan fingerprint density at radius 1 is 1.19 bits per heavy atom. The van der Waals surface area contributed by atoms with E-state index < -0.39 is 18.0 Å². The monoisotopic (exact) mass is 375 g/mol. The number of hydrogen-bond acceptors (Lipinski definition) is 5. The second-order valence-electron chi connectivity index (χ2n) is 5.49. The number of halogens is 1. The minimum atomic E-state index is -1.02. The van der Waals surface area contributed by atoms with Crippen molar-refractivity contribution in [2.24, 2.45) is 0 Å². The van der Waals surface area contributed by atoms with Gasteiger partial charge in [0.15, 0.2) is 11.3 Å². The maximum atomic E-state index is 12.1. The summed E-state index contributed by atoms with van der Waals surface area (Å²) in [5.41, 5.74) is 1.48. The highest BCUT2D eigenvalue weighted by Gasteiger charge is 2.20. The van der Waals surface area contributed by atoms with Crippen molar-refractivity contribution in [3.8, 4) is 0 Å². The fourth-order valence-corrected chi connectivity index (χ4v) is 2.15. The van der Waals surface area contributed by atoms with Crippen LogP contribution in [0.25, 0.3) is 0 Å². The van der Waals surface area contributed by atoms with Gasteiger partial charge in [-0.1, -0.05) is 23.7 Å². The number of nitrogens with zero attached hydrogens (tertiary/aromatic N) is 1. The maximum Gasteiger partial charge on any atom is 0.338 e. The molecule has 0 radical (unpaired) electrons. The predicted molar refractivity (Wildman–Crippen MR) is 96.7 cm³/mol. The summed E-state index contributed by atoms with van der Waals surface area (Å²) in [5, 5.41) is 5.36. The lowest BCUT2D eigenvalue weighted by Gasteiger charge is -2.14. The van der Waals surface area contributed by atoms with Gasteiger partial charge in [-0.15, -0.1) is 0 Å². The number of benzene rings is 1. The van der Waals surface area contributed by atoms with Crippen molar-refractivity contribution in [3.05, 3.63) is 58.9 Å². The first-order valence-corrected chi connectivity index (χ1v) is 8.20. The van der Waals surface area contributed by atoms with Crippen LogP contribution in [0.5, 0.6) is 0 Å². The molecular formula is C18H18ClN3O4. The number of esters is 1. The first kappa shape index (κ1) is 19.4. The average Bonchev–Trinajstić information content (AvgIpc) is 2.62. The Balaban J connectivity index is 1.92. The zero-order valence-electron chi connectivity index (χ0n) is 14.3. The minimum absolute atomic E-state index is 0.137. The highest BCUT2D eigenvalue weighted by Crippen LogP contribution is 2.18. The third kappa shape index (κ3) is 5.56. The number of nitrogens with one attached hydrogen (secondary N) is 2. The van der Waals surface area contributed by atoms with Crippen molar-refractivity contribution >= 4 is 35.1 Å². The van der Waals surface area contributed by atoms with Gasteiger partial charge in [-0.2, -0.15) is 0 Å². The van der Waals surface area contributed by atoms with Gasteiger partial charge < -0.3 is 15.4 Å². The van der Waals surface area contributed by atoms with Crippen molar-refractivity contribution in [1.82, 2.24) is 10.3 Å². The molecule has 1 atom stereocenters. The molecule has 26 heavy (non-hydrogen) atoms. The van der Waals surface area contributed by atoms with Crippen LogP contribution in [0.15, 0.2) is 42.6 Å². The van der Waals surface area contributed by atoms with Crippen LogP contribution in [0.2, 0.25) is 5.15 Å². The average molecular weight is 376 g/mol. The van der Waals surface area contributed by atoms with E-state index in [1.165, 1.54) is 20.0 Å². The Morgan fingerprint density at radius 2 is 1.88 bits per heavy atom. The van der Waals surface area contributed by atoms with E-state index in [4.69, 9.17) is 16.3 Å². The molecule has 2 rings (SSSR count). The standard InChI is InChI=1S/C18H18ClN3O4/c1-11(17(24)22-15-4-3-9-20-16(15)19)26-18(25)14-7-5-13(6-8-14)10-21-12(2)23/h3-9,11H,10H2,1-2H3,(H,21,23)(H,22,24). The van der Waals surface area contributed by atoms with Crippen LogP contribution in [-0.2, 0) is 20.9 Å². The zero-order valence-corrected chi connectivity index (χ0v) is 15.0. The third-order valence-electron chi connectivity index (χ3n) is 3.40. The van der Waals surface area contributed by atoms with E-state index in [2.05, 4.69) is 15.6 Å². The first-order valence-electron chi connectivity index (χ1n) is 7.82. The van der Waals surface area contributed by atoms with E-state index in [0.29, 0.717) is 17.8 Å². The van der Waals surface area contributed by atoms with Gasteiger partial charge in [-0.3, -0.25) is 9.59 Å². The predicted octanol–water partition coefficient (Wildman–Crippen LogP) is 2.56. The van der Waals surface area contributed by atoms with E-state index >= 15 is 0 Å². The number of carbonyl (C=O) groups is 3. The molecule has 0 saturated heterocycles. The summed E-state index contributed by atoms with van der Waals surface area (Å²) < 4.78 is 5.16.